The summed E-state index contributed by atoms with van der Waals surface area (Å²) in [4.78, 5) is 10.2. The number of hydrogen-bond acceptors (Lipinski definition) is 5. The highest BCUT2D eigenvalue weighted by molar-refractivity contribution is 7.89. The average Bonchev–Trinajstić information content (AvgIpc) is 2.34. The van der Waals surface area contributed by atoms with Crippen LogP contribution in [0.2, 0.25) is 0 Å². The molecule has 1 rings (SSSR count). The molecule has 0 unspecified atom stereocenters. The Kier molecular flexibility index (Phi) is 7.66. The van der Waals surface area contributed by atoms with Crippen LogP contribution in [0.1, 0.15) is 12.0 Å². The van der Waals surface area contributed by atoms with Crippen molar-refractivity contribution in [3.05, 3.63) is 33.9 Å². The van der Waals surface area contributed by atoms with E-state index >= 15 is 0 Å². The van der Waals surface area contributed by atoms with Crippen molar-refractivity contribution in [3.63, 3.8) is 0 Å². The maximum Gasteiger partial charge on any atom is 0.272 e. The molecule has 2 N–H and O–H groups in total. The highest BCUT2D eigenvalue weighted by Crippen LogP contribution is 2.21. The Balaban J connectivity index is 0.00000361. The first kappa shape index (κ1) is 18.8. The molecule has 0 aliphatic rings. The van der Waals surface area contributed by atoms with E-state index in [9.17, 15) is 18.5 Å². The van der Waals surface area contributed by atoms with Crippen molar-refractivity contribution in [1.82, 2.24) is 10.0 Å². The molecule has 7 nitrogen and oxygen atoms in total. The first-order valence-corrected chi connectivity index (χ1v) is 7.26. The van der Waals surface area contributed by atoms with Crippen LogP contribution in [0, 0.1) is 17.0 Å². The first-order chi connectivity index (χ1) is 8.88. The van der Waals surface area contributed by atoms with Crippen molar-refractivity contribution in [2.75, 3.05) is 20.1 Å². The molecule has 0 aromatic heterocycles. The van der Waals surface area contributed by atoms with Crippen LogP contribution in [0.25, 0.3) is 0 Å². The van der Waals surface area contributed by atoms with Gasteiger partial charge < -0.3 is 5.32 Å². The maximum absolute atomic E-state index is 11.9. The number of nitrogens with one attached hydrogen (secondary N) is 2. The quantitative estimate of drug-likeness (QED) is 0.446. The maximum atomic E-state index is 11.9. The number of nitrogens with zero attached hydrogens (tertiary/aromatic N) is 1. The van der Waals surface area contributed by atoms with Gasteiger partial charge in [-0.15, -0.1) is 12.4 Å². The minimum Gasteiger partial charge on any atom is -0.320 e. The van der Waals surface area contributed by atoms with Crippen LogP contribution in [0.15, 0.2) is 23.1 Å². The Labute approximate surface area is 124 Å². The van der Waals surface area contributed by atoms with Gasteiger partial charge in [0.2, 0.25) is 10.0 Å². The van der Waals surface area contributed by atoms with Gasteiger partial charge in [0.15, 0.2) is 0 Å². The smallest absolute Gasteiger partial charge is 0.272 e. The lowest BCUT2D eigenvalue weighted by molar-refractivity contribution is -0.385. The van der Waals surface area contributed by atoms with Gasteiger partial charge in [0.25, 0.3) is 5.69 Å². The fourth-order valence-electron chi connectivity index (χ4n) is 1.55. The lowest BCUT2D eigenvalue weighted by Gasteiger charge is -2.07. The van der Waals surface area contributed by atoms with Crippen molar-refractivity contribution in [2.45, 2.75) is 18.2 Å². The van der Waals surface area contributed by atoms with E-state index in [1.165, 1.54) is 25.1 Å². The number of halogens is 1. The zero-order valence-electron chi connectivity index (χ0n) is 11.3. The molecular weight excluding hydrogens is 306 g/mol. The van der Waals surface area contributed by atoms with Gasteiger partial charge in [-0.25, -0.2) is 13.1 Å². The highest BCUT2D eigenvalue weighted by atomic mass is 35.5. The standard InChI is InChI=1S/C11H17N3O4S.ClH/c1-9-8-10(4-5-11(9)14(15)16)19(17,18)13-7-3-6-12-2;/h4-5,8,12-13H,3,6-7H2,1-2H3;1H. The fraction of sp³-hybridized carbons (Fsp3) is 0.455. The third kappa shape index (κ3) is 5.04. The monoisotopic (exact) mass is 323 g/mol. The zero-order valence-corrected chi connectivity index (χ0v) is 12.9. The number of aryl methyl sites for hydroxylation is 1. The topological polar surface area (TPSA) is 101 Å². The predicted molar refractivity (Wildman–Crippen MR) is 78.8 cm³/mol. The van der Waals surface area contributed by atoms with E-state index in [4.69, 9.17) is 0 Å². The number of hydrogen-bond donors (Lipinski definition) is 2. The summed E-state index contributed by atoms with van der Waals surface area (Å²) in [5.41, 5.74) is 0.234. The number of sulfonamides is 1. The molecule has 0 fully saturated rings. The van der Waals surface area contributed by atoms with E-state index in [0.29, 0.717) is 25.1 Å². The second-order valence-electron chi connectivity index (χ2n) is 4.06. The van der Waals surface area contributed by atoms with Gasteiger partial charge in [-0.1, -0.05) is 0 Å². The number of rotatable bonds is 7. The van der Waals surface area contributed by atoms with Crippen molar-refractivity contribution < 1.29 is 13.3 Å². The Morgan fingerprint density at radius 2 is 1.95 bits per heavy atom. The van der Waals surface area contributed by atoms with Crippen LogP contribution in [0.4, 0.5) is 5.69 Å². The molecule has 0 amide bonds. The third-order valence-corrected chi connectivity index (χ3v) is 4.03. The molecule has 0 aliphatic heterocycles. The van der Waals surface area contributed by atoms with Crippen molar-refractivity contribution in [3.8, 4) is 0 Å². The molecule has 114 valence electrons. The summed E-state index contributed by atoms with van der Waals surface area (Å²) in [5.74, 6) is 0. The minimum absolute atomic E-state index is 0. The SMILES string of the molecule is CNCCCNS(=O)(=O)c1ccc([N+](=O)[O-])c(C)c1.Cl. The summed E-state index contributed by atoms with van der Waals surface area (Å²) in [6.45, 7) is 2.54. The molecule has 20 heavy (non-hydrogen) atoms. The average molecular weight is 324 g/mol. The van der Waals surface area contributed by atoms with Crippen LogP contribution < -0.4 is 10.0 Å². The summed E-state index contributed by atoms with van der Waals surface area (Å²) in [5, 5.41) is 13.6. The van der Waals surface area contributed by atoms with Crippen molar-refractivity contribution in [2.24, 2.45) is 0 Å². The summed E-state index contributed by atoms with van der Waals surface area (Å²) in [6.07, 6.45) is 0.668. The van der Waals surface area contributed by atoms with Gasteiger partial charge in [0.1, 0.15) is 0 Å². The molecule has 1 aromatic carbocycles. The fourth-order valence-corrected chi connectivity index (χ4v) is 2.71. The Bertz CT molecular complexity index is 563. The zero-order chi connectivity index (χ0) is 14.5. The summed E-state index contributed by atoms with van der Waals surface area (Å²) in [6, 6.07) is 3.75. The normalized spacial score (nSPS) is 10.9. The Hall–Kier alpha value is -1.22. The molecule has 0 saturated heterocycles. The Morgan fingerprint density at radius 3 is 2.45 bits per heavy atom. The summed E-state index contributed by atoms with van der Waals surface area (Å²) < 4.78 is 26.3. The van der Waals surface area contributed by atoms with Gasteiger partial charge >= 0.3 is 0 Å². The van der Waals surface area contributed by atoms with E-state index in [0.717, 1.165) is 0 Å². The van der Waals surface area contributed by atoms with Crippen molar-refractivity contribution in [1.29, 1.82) is 0 Å². The van der Waals surface area contributed by atoms with E-state index in [-0.39, 0.29) is 23.0 Å². The van der Waals surface area contributed by atoms with Gasteiger partial charge in [-0.3, -0.25) is 10.1 Å². The molecule has 0 radical (unpaired) electrons. The molecule has 0 spiro atoms. The van der Waals surface area contributed by atoms with Crippen molar-refractivity contribution >= 4 is 28.1 Å². The van der Waals surface area contributed by atoms with E-state index < -0.39 is 14.9 Å². The molecule has 0 aliphatic carbocycles. The molecular formula is C11H18ClN3O4S. The molecule has 1 aromatic rings. The van der Waals surface area contributed by atoms with E-state index in [1.807, 2.05) is 0 Å². The summed E-state index contributed by atoms with van der Waals surface area (Å²) >= 11 is 0. The molecule has 0 saturated carbocycles. The third-order valence-electron chi connectivity index (χ3n) is 2.57. The summed E-state index contributed by atoms with van der Waals surface area (Å²) in [7, 11) is -1.82. The van der Waals surface area contributed by atoms with Crippen LogP contribution >= 0.6 is 12.4 Å². The predicted octanol–water partition coefficient (Wildman–Crippen LogP) is 1.21. The largest absolute Gasteiger partial charge is 0.320 e. The highest BCUT2D eigenvalue weighted by Gasteiger charge is 2.17. The van der Waals surface area contributed by atoms with Gasteiger partial charge in [-0.2, -0.15) is 0 Å². The van der Waals surface area contributed by atoms with E-state index in [2.05, 4.69) is 10.0 Å². The molecule has 0 atom stereocenters. The molecule has 9 heteroatoms. The van der Waals surface area contributed by atoms with Gasteiger partial charge in [-0.05, 0) is 39.1 Å². The van der Waals surface area contributed by atoms with Crippen LogP contribution in [-0.2, 0) is 10.0 Å². The number of benzene rings is 1. The lowest BCUT2D eigenvalue weighted by atomic mass is 10.2. The van der Waals surface area contributed by atoms with Gasteiger partial charge in [0.05, 0.1) is 9.82 Å². The second kappa shape index (κ2) is 8.15. The molecule has 0 heterocycles. The number of nitro groups is 1. The second-order valence-corrected chi connectivity index (χ2v) is 5.83. The number of nitro benzene ring substituents is 1. The Morgan fingerprint density at radius 1 is 1.30 bits per heavy atom. The van der Waals surface area contributed by atoms with E-state index in [1.54, 1.807) is 7.05 Å². The van der Waals surface area contributed by atoms with Crippen LogP contribution in [-0.4, -0.2) is 33.5 Å². The molecule has 0 bridgehead atoms. The lowest BCUT2D eigenvalue weighted by Crippen LogP contribution is -2.26. The van der Waals surface area contributed by atoms with Gasteiger partial charge in [0, 0.05) is 18.2 Å². The minimum atomic E-state index is -3.61. The van der Waals surface area contributed by atoms with Crippen LogP contribution in [0.5, 0.6) is 0 Å². The first-order valence-electron chi connectivity index (χ1n) is 5.78. The van der Waals surface area contributed by atoms with Crippen LogP contribution in [0.3, 0.4) is 0 Å².